The zero-order valence-electron chi connectivity index (χ0n) is 9.18. The predicted octanol–water partition coefficient (Wildman–Crippen LogP) is 2.46. The number of aromatic nitrogens is 2. The molecule has 0 amide bonds. The third-order valence-electron chi connectivity index (χ3n) is 2.55. The highest BCUT2D eigenvalue weighted by atomic mass is 35.5. The minimum absolute atomic E-state index is 0.565. The Morgan fingerprint density at radius 3 is 2.75 bits per heavy atom. The van der Waals surface area contributed by atoms with Gasteiger partial charge in [-0.1, -0.05) is 23.7 Å². The van der Waals surface area contributed by atoms with Gasteiger partial charge in [0.2, 0.25) is 0 Å². The lowest BCUT2D eigenvalue weighted by molar-refractivity contribution is 0.206. The Balaban J connectivity index is 2.41. The first-order valence-corrected chi connectivity index (χ1v) is 5.38. The zero-order chi connectivity index (χ0) is 11.7. The normalized spacial score (nSPS) is 12.8. The first-order chi connectivity index (χ1) is 7.59. The number of benzene rings is 1. The van der Waals surface area contributed by atoms with Crippen LogP contribution in [0.2, 0.25) is 5.02 Å². The molecule has 0 saturated carbocycles. The minimum atomic E-state index is -0.784. The smallest absolute Gasteiger partial charge is 0.142 e. The van der Waals surface area contributed by atoms with Crippen LogP contribution < -0.4 is 0 Å². The summed E-state index contributed by atoms with van der Waals surface area (Å²) in [4.78, 5) is 4.11. The predicted molar refractivity (Wildman–Crippen MR) is 63.5 cm³/mol. The van der Waals surface area contributed by atoms with Crippen molar-refractivity contribution < 1.29 is 5.11 Å². The summed E-state index contributed by atoms with van der Waals surface area (Å²) in [5.74, 6) is 0.589. The van der Waals surface area contributed by atoms with Gasteiger partial charge in [0.05, 0.1) is 0 Å². The Labute approximate surface area is 99.3 Å². The van der Waals surface area contributed by atoms with Gasteiger partial charge in [-0.15, -0.1) is 0 Å². The Morgan fingerprint density at radius 2 is 2.19 bits per heavy atom. The van der Waals surface area contributed by atoms with Gasteiger partial charge in [0.15, 0.2) is 0 Å². The molecule has 1 N–H and O–H groups in total. The number of imidazole rings is 1. The van der Waals surface area contributed by atoms with E-state index >= 15 is 0 Å². The number of rotatable bonds is 2. The van der Waals surface area contributed by atoms with Crippen molar-refractivity contribution in [3.8, 4) is 0 Å². The van der Waals surface area contributed by atoms with Crippen LogP contribution in [0.3, 0.4) is 0 Å². The summed E-state index contributed by atoms with van der Waals surface area (Å²) >= 11 is 6.10. The Kier molecular flexibility index (Phi) is 2.99. The molecule has 0 radical (unpaired) electrons. The number of nitrogens with zero attached hydrogens (tertiary/aromatic N) is 2. The quantitative estimate of drug-likeness (QED) is 0.870. The highest BCUT2D eigenvalue weighted by Crippen LogP contribution is 2.27. The minimum Gasteiger partial charge on any atom is -0.380 e. The van der Waals surface area contributed by atoms with Gasteiger partial charge < -0.3 is 9.67 Å². The molecule has 0 bridgehead atoms. The topological polar surface area (TPSA) is 38.1 Å². The lowest BCUT2D eigenvalue weighted by atomic mass is 10.1. The molecule has 3 nitrogen and oxygen atoms in total. The summed E-state index contributed by atoms with van der Waals surface area (Å²) in [5.41, 5.74) is 1.75. The summed E-state index contributed by atoms with van der Waals surface area (Å²) < 4.78 is 1.78. The van der Waals surface area contributed by atoms with Crippen LogP contribution in [0, 0.1) is 6.92 Å². The maximum Gasteiger partial charge on any atom is 0.142 e. The summed E-state index contributed by atoms with van der Waals surface area (Å²) in [5, 5.41) is 10.7. The molecule has 0 aliphatic carbocycles. The SMILES string of the molecule is Cc1ccc(C(O)c2nccn2C)c(Cl)c1. The second-order valence-electron chi connectivity index (χ2n) is 3.82. The summed E-state index contributed by atoms with van der Waals surface area (Å²) in [6.45, 7) is 1.96. The van der Waals surface area contributed by atoms with Crippen LogP contribution in [0.4, 0.5) is 0 Å². The van der Waals surface area contributed by atoms with E-state index in [2.05, 4.69) is 4.98 Å². The summed E-state index contributed by atoms with van der Waals surface area (Å²) in [7, 11) is 1.84. The first-order valence-electron chi connectivity index (χ1n) is 5.01. The van der Waals surface area contributed by atoms with Crippen LogP contribution in [0.1, 0.15) is 23.1 Å². The fourth-order valence-electron chi connectivity index (χ4n) is 1.63. The zero-order valence-corrected chi connectivity index (χ0v) is 9.94. The molecule has 0 aliphatic rings. The van der Waals surface area contributed by atoms with E-state index in [0.29, 0.717) is 16.4 Å². The summed E-state index contributed by atoms with van der Waals surface area (Å²) in [6, 6.07) is 5.59. The lowest BCUT2D eigenvalue weighted by Gasteiger charge is -2.13. The van der Waals surface area contributed by atoms with Crippen LogP contribution in [0.15, 0.2) is 30.6 Å². The van der Waals surface area contributed by atoms with Crippen LogP contribution in [-0.2, 0) is 7.05 Å². The largest absolute Gasteiger partial charge is 0.380 e. The van der Waals surface area contributed by atoms with Crippen molar-refractivity contribution in [1.29, 1.82) is 0 Å². The lowest BCUT2D eigenvalue weighted by Crippen LogP contribution is -2.07. The summed E-state index contributed by atoms with van der Waals surface area (Å²) in [6.07, 6.45) is 2.66. The van der Waals surface area contributed by atoms with Gasteiger partial charge in [0.1, 0.15) is 11.9 Å². The van der Waals surface area contributed by atoms with Gasteiger partial charge in [-0.05, 0) is 18.6 Å². The molecule has 84 valence electrons. The molecule has 1 aromatic carbocycles. The number of halogens is 1. The molecule has 4 heteroatoms. The maximum absolute atomic E-state index is 10.2. The Hall–Kier alpha value is -1.32. The van der Waals surface area contributed by atoms with E-state index < -0.39 is 6.10 Å². The van der Waals surface area contributed by atoms with Crippen molar-refractivity contribution in [3.63, 3.8) is 0 Å². The van der Waals surface area contributed by atoms with Crippen molar-refractivity contribution in [1.82, 2.24) is 9.55 Å². The molecule has 0 fully saturated rings. The third-order valence-corrected chi connectivity index (χ3v) is 2.88. The Bertz CT molecular complexity index is 507. The molecule has 16 heavy (non-hydrogen) atoms. The molecule has 1 unspecified atom stereocenters. The molecule has 0 saturated heterocycles. The van der Waals surface area contributed by atoms with Crippen LogP contribution in [-0.4, -0.2) is 14.7 Å². The number of aliphatic hydroxyl groups is 1. The van der Waals surface area contributed by atoms with Gasteiger partial charge >= 0.3 is 0 Å². The van der Waals surface area contributed by atoms with Crippen molar-refractivity contribution in [2.75, 3.05) is 0 Å². The van der Waals surface area contributed by atoms with Crippen LogP contribution in [0.25, 0.3) is 0 Å². The number of hydrogen-bond acceptors (Lipinski definition) is 2. The first kappa shape index (κ1) is 11.2. The van der Waals surface area contributed by atoms with E-state index in [9.17, 15) is 5.11 Å². The van der Waals surface area contributed by atoms with Gasteiger partial charge in [0.25, 0.3) is 0 Å². The van der Waals surface area contributed by atoms with Gasteiger partial charge in [-0.3, -0.25) is 0 Å². The average molecular weight is 237 g/mol. The van der Waals surface area contributed by atoms with E-state index in [1.807, 2.05) is 32.2 Å². The molecule has 1 heterocycles. The van der Waals surface area contributed by atoms with E-state index in [-0.39, 0.29) is 0 Å². The monoisotopic (exact) mass is 236 g/mol. The number of hydrogen-bond donors (Lipinski definition) is 1. The van der Waals surface area contributed by atoms with E-state index in [4.69, 9.17) is 11.6 Å². The standard InChI is InChI=1S/C12H13ClN2O/c1-8-3-4-9(10(13)7-8)11(16)12-14-5-6-15(12)2/h3-7,11,16H,1-2H3. The van der Waals surface area contributed by atoms with E-state index in [1.54, 1.807) is 17.0 Å². The fourth-order valence-corrected chi connectivity index (χ4v) is 1.97. The highest BCUT2D eigenvalue weighted by molar-refractivity contribution is 6.31. The molecular weight excluding hydrogens is 224 g/mol. The average Bonchev–Trinajstić information content (AvgIpc) is 2.63. The van der Waals surface area contributed by atoms with Crippen molar-refractivity contribution in [2.24, 2.45) is 7.05 Å². The van der Waals surface area contributed by atoms with Gasteiger partial charge in [-0.25, -0.2) is 4.98 Å². The molecule has 0 spiro atoms. The third kappa shape index (κ3) is 1.96. The number of aliphatic hydroxyl groups excluding tert-OH is 1. The highest BCUT2D eigenvalue weighted by Gasteiger charge is 2.17. The van der Waals surface area contributed by atoms with Crippen LogP contribution in [0.5, 0.6) is 0 Å². The van der Waals surface area contributed by atoms with E-state index in [0.717, 1.165) is 5.56 Å². The Morgan fingerprint density at radius 1 is 1.44 bits per heavy atom. The molecule has 2 rings (SSSR count). The molecular formula is C12H13ClN2O. The maximum atomic E-state index is 10.2. The van der Waals surface area contributed by atoms with Gasteiger partial charge in [0, 0.05) is 30.0 Å². The fraction of sp³-hybridized carbons (Fsp3) is 0.250. The molecule has 1 atom stereocenters. The van der Waals surface area contributed by atoms with Crippen molar-refractivity contribution >= 4 is 11.6 Å². The van der Waals surface area contributed by atoms with E-state index in [1.165, 1.54) is 0 Å². The molecule has 2 aromatic rings. The molecule has 0 aliphatic heterocycles. The second-order valence-corrected chi connectivity index (χ2v) is 4.23. The van der Waals surface area contributed by atoms with Gasteiger partial charge in [-0.2, -0.15) is 0 Å². The van der Waals surface area contributed by atoms with Crippen molar-refractivity contribution in [3.05, 3.63) is 52.6 Å². The number of aryl methyl sites for hydroxylation is 2. The second kappa shape index (κ2) is 4.28. The van der Waals surface area contributed by atoms with Crippen LogP contribution >= 0.6 is 11.6 Å². The molecule has 1 aromatic heterocycles. The van der Waals surface area contributed by atoms with Crippen molar-refractivity contribution in [2.45, 2.75) is 13.0 Å².